The van der Waals surface area contributed by atoms with Crippen LogP contribution in [-0.2, 0) is 9.53 Å². The average molecular weight is 338 g/mol. The number of methoxy groups -OCH3 is 1. The van der Waals surface area contributed by atoms with Gasteiger partial charge in [0.1, 0.15) is 0 Å². The molecule has 0 aliphatic carbocycles. The molecule has 0 saturated carbocycles. The van der Waals surface area contributed by atoms with Crippen LogP contribution in [0.2, 0.25) is 0 Å². The second kappa shape index (κ2) is 13.9. The number of benzene rings is 1. The Morgan fingerprint density at radius 3 is 2.48 bits per heavy atom. The number of amides is 1. The van der Waals surface area contributed by atoms with Crippen molar-refractivity contribution in [2.45, 2.75) is 0 Å². The normalized spacial score (nSPS) is 9.24. The lowest BCUT2D eigenvalue weighted by atomic mass is 10.3. The first kappa shape index (κ1) is 22.3. The van der Waals surface area contributed by atoms with Crippen molar-refractivity contribution >= 4 is 36.4 Å². The van der Waals surface area contributed by atoms with Crippen molar-refractivity contribution in [3.8, 4) is 0 Å². The van der Waals surface area contributed by atoms with Gasteiger partial charge in [-0.3, -0.25) is 4.79 Å². The lowest BCUT2D eigenvalue weighted by Crippen LogP contribution is -2.38. The Labute approximate surface area is 139 Å². The van der Waals surface area contributed by atoms with Crippen LogP contribution in [0, 0.1) is 0 Å². The molecule has 2 N–H and O–H groups in total. The zero-order chi connectivity index (χ0) is 13.9. The van der Waals surface area contributed by atoms with Gasteiger partial charge in [0.15, 0.2) is 0 Å². The van der Waals surface area contributed by atoms with Gasteiger partial charge in [-0.1, -0.05) is 18.2 Å². The van der Waals surface area contributed by atoms with Gasteiger partial charge in [0, 0.05) is 39.5 Å². The fourth-order valence-electron chi connectivity index (χ4n) is 1.61. The van der Waals surface area contributed by atoms with Crippen LogP contribution in [0.5, 0.6) is 0 Å². The molecule has 21 heavy (non-hydrogen) atoms. The monoisotopic (exact) mass is 337 g/mol. The molecule has 7 heteroatoms. The summed E-state index contributed by atoms with van der Waals surface area (Å²) in [6, 6.07) is 10.1. The van der Waals surface area contributed by atoms with E-state index in [9.17, 15) is 4.79 Å². The molecule has 1 amide bonds. The van der Waals surface area contributed by atoms with E-state index in [-0.39, 0.29) is 30.7 Å². The van der Waals surface area contributed by atoms with Crippen LogP contribution in [0.3, 0.4) is 0 Å². The van der Waals surface area contributed by atoms with Crippen molar-refractivity contribution in [2.24, 2.45) is 0 Å². The number of anilines is 1. The molecule has 0 aromatic heterocycles. The first-order valence-corrected chi connectivity index (χ1v) is 6.46. The molecule has 1 rings (SSSR count). The highest BCUT2D eigenvalue weighted by molar-refractivity contribution is 5.85. The van der Waals surface area contributed by atoms with E-state index >= 15 is 0 Å². The van der Waals surface area contributed by atoms with Crippen LogP contribution in [0.1, 0.15) is 0 Å². The van der Waals surface area contributed by atoms with Gasteiger partial charge in [-0.2, -0.15) is 0 Å². The summed E-state index contributed by atoms with van der Waals surface area (Å²) >= 11 is 0. The fraction of sp³-hybridized carbons (Fsp3) is 0.500. The maximum atomic E-state index is 11.5. The SMILES string of the molecule is COCCNCC(=O)NCCN(C)c1ccccc1.Cl.Cl. The van der Waals surface area contributed by atoms with E-state index in [0.29, 0.717) is 26.2 Å². The van der Waals surface area contributed by atoms with Crippen molar-refractivity contribution in [3.63, 3.8) is 0 Å². The van der Waals surface area contributed by atoms with Crippen molar-refractivity contribution < 1.29 is 9.53 Å². The summed E-state index contributed by atoms with van der Waals surface area (Å²) in [6.07, 6.45) is 0. The highest BCUT2D eigenvalue weighted by Gasteiger charge is 2.02. The van der Waals surface area contributed by atoms with Crippen LogP contribution >= 0.6 is 24.8 Å². The maximum absolute atomic E-state index is 11.5. The van der Waals surface area contributed by atoms with Crippen LogP contribution in [-0.4, -0.2) is 52.9 Å². The first-order valence-electron chi connectivity index (χ1n) is 6.46. The molecule has 0 heterocycles. The minimum absolute atomic E-state index is 0. The number of carbonyl (C=O) groups excluding carboxylic acids is 1. The molecule has 1 aromatic carbocycles. The summed E-state index contributed by atoms with van der Waals surface area (Å²) in [5.74, 6) is 0.0116. The molecular formula is C14H25Cl2N3O2. The van der Waals surface area contributed by atoms with Crippen molar-refractivity contribution in [1.29, 1.82) is 0 Å². The van der Waals surface area contributed by atoms with Gasteiger partial charge in [0.05, 0.1) is 13.2 Å². The van der Waals surface area contributed by atoms with Gasteiger partial charge in [0.2, 0.25) is 5.91 Å². The number of hydrogen-bond donors (Lipinski definition) is 2. The Kier molecular flexibility index (Phi) is 14.8. The van der Waals surface area contributed by atoms with E-state index < -0.39 is 0 Å². The quantitative estimate of drug-likeness (QED) is 0.667. The summed E-state index contributed by atoms with van der Waals surface area (Å²) in [5.41, 5.74) is 1.15. The Morgan fingerprint density at radius 1 is 1.19 bits per heavy atom. The first-order chi connectivity index (χ1) is 9.24. The number of likely N-dealkylation sites (N-methyl/N-ethyl adjacent to an activating group) is 1. The Morgan fingerprint density at radius 2 is 1.86 bits per heavy atom. The van der Waals surface area contributed by atoms with Crippen LogP contribution in [0.25, 0.3) is 0 Å². The third kappa shape index (κ3) is 10.4. The van der Waals surface area contributed by atoms with Crippen molar-refractivity contribution in [3.05, 3.63) is 30.3 Å². The molecule has 0 bridgehead atoms. The number of rotatable bonds is 9. The van der Waals surface area contributed by atoms with Crippen LogP contribution in [0.4, 0.5) is 5.69 Å². The highest BCUT2D eigenvalue weighted by Crippen LogP contribution is 2.09. The van der Waals surface area contributed by atoms with Gasteiger partial charge >= 0.3 is 0 Å². The Bertz CT molecular complexity index is 366. The van der Waals surface area contributed by atoms with Gasteiger partial charge < -0.3 is 20.3 Å². The number of halogens is 2. The lowest BCUT2D eigenvalue weighted by molar-refractivity contribution is -0.120. The van der Waals surface area contributed by atoms with Crippen LogP contribution in [0.15, 0.2) is 30.3 Å². The van der Waals surface area contributed by atoms with Gasteiger partial charge in [-0.05, 0) is 12.1 Å². The fourth-order valence-corrected chi connectivity index (χ4v) is 1.61. The molecule has 0 saturated heterocycles. The molecular weight excluding hydrogens is 313 g/mol. The van der Waals surface area contributed by atoms with E-state index in [1.54, 1.807) is 7.11 Å². The van der Waals surface area contributed by atoms with Gasteiger partial charge in [-0.15, -0.1) is 24.8 Å². The maximum Gasteiger partial charge on any atom is 0.234 e. The molecule has 5 nitrogen and oxygen atoms in total. The number of carbonyl (C=O) groups is 1. The molecule has 0 aliphatic rings. The number of nitrogens with one attached hydrogen (secondary N) is 2. The van der Waals surface area contributed by atoms with E-state index in [1.807, 2.05) is 37.4 Å². The highest BCUT2D eigenvalue weighted by atomic mass is 35.5. The molecule has 0 fully saturated rings. The minimum atomic E-state index is 0. The smallest absolute Gasteiger partial charge is 0.234 e. The Hall–Kier alpha value is -1.01. The number of nitrogens with zero attached hydrogens (tertiary/aromatic N) is 1. The Balaban J connectivity index is 0. The topological polar surface area (TPSA) is 53.6 Å². The minimum Gasteiger partial charge on any atom is -0.383 e. The third-order valence-electron chi connectivity index (χ3n) is 2.73. The predicted octanol–water partition coefficient (Wildman–Crippen LogP) is 1.32. The zero-order valence-corrected chi connectivity index (χ0v) is 14.1. The molecule has 0 unspecified atom stereocenters. The summed E-state index contributed by atoms with van der Waals surface area (Å²) in [6.45, 7) is 3.06. The second-order valence-electron chi connectivity index (χ2n) is 4.28. The molecule has 0 aliphatic heterocycles. The van der Waals surface area contributed by atoms with E-state index in [2.05, 4.69) is 15.5 Å². The third-order valence-corrected chi connectivity index (χ3v) is 2.73. The van der Waals surface area contributed by atoms with E-state index in [4.69, 9.17) is 4.74 Å². The number of para-hydroxylation sites is 1. The standard InChI is InChI=1S/C14H23N3O2.2ClH/c1-17(13-6-4-3-5-7-13)10-8-16-14(18)12-15-9-11-19-2;;/h3-7,15H,8-12H2,1-2H3,(H,16,18);2*1H. The number of hydrogen-bond acceptors (Lipinski definition) is 4. The van der Waals surface area contributed by atoms with Crippen LogP contribution < -0.4 is 15.5 Å². The van der Waals surface area contributed by atoms with Gasteiger partial charge in [-0.25, -0.2) is 0 Å². The largest absolute Gasteiger partial charge is 0.383 e. The van der Waals surface area contributed by atoms with E-state index in [1.165, 1.54) is 0 Å². The number of ether oxygens (including phenoxy) is 1. The predicted molar refractivity (Wildman–Crippen MR) is 92.0 cm³/mol. The lowest BCUT2D eigenvalue weighted by Gasteiger charge is -2.19. The van der Waals surface area contributed by atoms with Crippen molar-refractivity contribution in [2.75, 3.05) is 51.8 Å². The average Bonchev–Trinajstić information content (AvgIpc) is 2.44. The molecule has 0 spiro atoms. The second-order valence-corrected chi connectivity index (χ2v) is 4.28. The summed E-state index contributed by atoms with van der Waals surface area (Å²) in [7, 11) is 3.65. The molecule has 122 valence electrons. The molecule has 0 radical (unpaired) electrons. The zero-order valence-electron chi connectivity index (χ0n) is 12.5. The van der Waals surface area contributed by atoms with Crippen molar-refractivity contribution in [1.82, 2.24) is 10.6 Å². The summed E-state index contributed by atoms with van der Waals surface area (Å²) in [4.78, 5) is 13.6. The summed E-state index contributed by atoms with van der Waals surface area (Å²) < 4.78 is 4.88. The summed E-state index contributed by atoms with van der Waals surface area (Å²) in [5, 5.41) is 5.88. The van der Waals surface area contributed by atoms with E-state index in [0.717, 1.165) is 12.2 Å². The molecule has 0 atom stereocenters. The van der Waals surface area contributed by atoms with Gasteiger partial charge in [0.25, 0.3) is 0 Å². The molecule has 1 aromatic rings.